The van der Waals surface area contributed by atoms with Crippen LogP contribution in [-0.2, 0) is 47.6 Å². The molecular weight excluding hydrogens is 929 g/mol. The first-order chi connectivity index (χ1) is 33.0. The Morgan fingerprint density at radius 1 is 0.629 bits per heavy atom. The van der Waals surface area contributed by atoms with E-state index in [1.807, 2.05) is 0 Å². The molecule has 1 aromatic carbocycles. The number of esters is 3. The predicted octanol–water partition coefficient (Wildman–Crippen LogP) is -0.474. The Bertz CT molecular complexity index is 2260. The molecule has 4 unspecified atom stereocenters. The van der Waals surface area contributed by atoms with Gasteiger partial charge in [0.15, 0.2) is 23.4 Å². The number of aliphatic hydroxyl groups is 9. The second-order valence-electron chi connectivity index (χ2n) is 16.8. The zero-order valence-electron chi connectivity index (χ0n) is 38.4. The summed E-state index contributed by atoms with van der Waals surface area (Å²) in [5.74, 6) is -5.42. The Labute approximate surface area is 401 Å². The van der Waals surface area contributed by atoms with Gasteiger partial charge in [-0.15, -0.1) is 0 Å². The number of hydrogen-bond acceptors (Lipinski definition) is 21. The maximum Gasteiger partial charge on any atom is 0.336 e. The van der Waals surface area contributed by atoms with E-state index < -0.39 is 141 Å². The molecule has 12 N–H and O–H groups in total. The molecule has 1 saturated carbocycles. The average molecular weight is 989 g/mol. The standard InChI is InChI=1S/C48H60O22/c1-24(11-7-13-26(3)43(60)67-32-21-48(64,47(62)63)20-31(36(32)53)66-35(52)18-16-28-15-17-29(50)30(51)19-28)9-5-6-10-25(2)12-8-14-27(4)44(61)70-46-42(59)40(57)38(55)34(69-46)23-65-45-41(58)39(56)37(54)33(22-49)68-45/h5-19,31-34,36-42,45-46,49-51,53-59,64H,20-23H2,1-4H3,(H,62,63)/b6-5+,11-7+,12-8+,18-16+,24-9+,25-10+,26-13+,27-14+/t31-,32+,33?,34?,36-,37-,38-,39+,40+,41?,42?,45-,46+,48+/m1/s1. The summed E-state index contributed by atoms with van der Waals surface area (Å²) < 4.78 is 32.0. The van der Waals surface area contributed by atoms with E-state index in [9.17, 15) is 80.5 Å². The second-order valence-corrected chi connectivity index (χ2v) is 16.8. The summed E-state index contributed by atoms with van der Waals surface area (Å²) in [4.78, 5) is 50.3. The van der Waals surface area contributed by atoms with Crippen molar-refractivity contribution in [2.75, 3.05) is 13.2 Å². The summed E-state index contributed by atoms with van der Waals surface area (Å²) in [6, 6.07) is 3.74. The number of carbonyl (C=O) groups is 4. The Balaban J connectivity index is 1.26. The normalized spacial score (nSPS) is 32.7. The van der Waals surface area contributed by atoms with E-state index in [2.05, 4.69) is 0 Å². The highest BCUT2D eigenvalue weighted by molar-refractivity contribution is 5.89. The van der Waals surface area contributed by atoms with Crippen molar-refractivity contribution in [1.82, 2.24) is 0 Å². The fourth-order valence-corrected chi connectivity index (χ4v) is 6.95. The highest BCUT2D eigenvalue weighted by Gasteiger charge is 2.53. The van der Waals surface area contributed by atoms with Crippen LogP contribution in [0.25, 0.3) is 6.08 Å². The fourth-order valence-electron chi connectivity index (χ4n) is 6.95. The molecular formula is C48H60O22. The van der Waals surface area contributed by atoms with Crippen LogP contribution in [0.1, 0.15) is 46.1 Å². The lowest BCUT2D eigenvalue weighted by atomic mass is 9.79. The number of carboxylic acids is 1. The number of carboxylic acid groups (broad SMARTS) is 1. The minimum Gasteiger partial charge on any atom is -0.504 e. The van der Waals surface area contributed by atoms with Crippen LogP contribution in [0, 0.1) is 0 Å². The summed E-state index contributed by atoms with van der Waals surface area (Å²) in [7, 11) is 0. The lowest BCUT2D eigenvalue weighted by molar-refractivity contribution is -0.326. The summed E-state index contributed by atoms with van der Waals surface area (Å²) in [6.07, 6.45) is -4.49. The molecule has 14 atom stereocenters. The van der Waals surface area contributed by atoms with Crippen molar-refractivity contribution >= 4 is 30.0 Å². The molecule has 0 spiro atoms. The first-order valence-corrected chi connectivity index (χ1v) is 21.8. The molecule has 1 aliphatic carbocycles. The molecule has 2 saturated heterocycles. The van der Waals surface area contributed by atoms with E-state index in [0.29, 0.717) is 5.56 Å². The van der Waals surface area contributed by atoms with Gasteiger partial charge in [-0.2, -0.15) is 0 Å². The van der Waals surface area contributed by atoms with E-state index in [1.165, 1.54) is 44.2 Å². The van der Waals surface area contributed by atoms with Crippen LogP contribution in [0.4, 0.5) is 0 Å². The number of carbonyl (C=O) groups excluding carboxylic acids is 3. The monoisotopic (exact) mass is 988 g/mol. The van der Waals surface area contributed by atoms with Crippen molar-refractivity contribution in [2.45, 2.75) is 126 Å². The minimum atomic E-state index is -2.51. The molecule has 70 heavy (non-hydrogen) atoms. The van der Waals surface area contributed by atoms with Crippen molar-refractivity contribution in [3.63, 3.8) is 0 Å². The molecule has 22 nitrogen and oxygen atoms in total. The van der Waals surface area contributed by atoms with Crippen LogP contribution >= 0.6 is 0 Å². The van der Waals surface area contributed by atoms with E-state index in [1.54, 1.807) is 62.5 Å². The number of aromatic hydroxyl groups is 2. The van der Waals surface area contributed by atoms with Gasteiger partial charge in [-0.05, 0) is 51.5 Å². The number of hydrogen-bond donors (Lipinski definition) is 12. The highest BCUT2D eigenvalue weighted by atomic mass is 16.7. The van der Waals surface area contributed by atoms with Gasteiger partial charge in [0.05, 0.1) is 13.2 Å². The predicted molar refractivity (Wildman–Crippen MR) is 241 cm³/mol. The second kappa shape index (κ2) is 25.8. The van der Waals surface area contributed by atoms with Gasteiger partial charge in [0, 0.05) is 30.1 Å². The maximum atomic E-state index is 13.0. The van der Waals surface area contributed by atoms with Crippen molar-refractivity contribution in [3.05, 3.63) is 113 Å². The highest BCUT2D eigenvalue weighted by Crippen LogP contribution is 2.34. The Morgan fingerprint density at radius 2 is 1.14 bits per heavy atom. The first kappa shape index (κ1) is 56.7. The summed E-state index contributed by atoms with van der Waals surface area (Å²) in [5, 5.41) is 121. The smallest absolute Gasteiger partial charge is 0.336 e. The Hall–Kier alpha value is -5.86. The van der Waals surface area contributed by atoms with Crippen LogP contribution in [0.15, 0.2) is 107 Å². The SMILES string of the molecule is CC(/C=C/C=C(\C)C(=O)O[C@@H]1OC(CO[C@@H]2OC(CO)[C@@H](O)[C@H](O)C2O)[C@@H](O)[C@H](O)C1O)=C\C=C\C=C(C)\C=C\C=C(/C)C(=O)O[C@H]1C[C@](O)(C(=O)O)C[C@@H](OC(=O)/C=C/c2ccc(O)c(O)c2)[C@H]1O. The lowest BCUT2D eigenvalue weighted by Crippen LogP contribution is -2.61. The van der Waals surface area contributed by atoms with Gasteiger partial charge in [0.25, 0.3) is 0 Å². The van der Waals surface area contributed by atoms with Crippen LogP contribution in [0.3, 0.4) is 0 Å². The molecule has 0 bridgehead atoms. The number of allylic oxidation sites excluding steroid dienone is 12. The first-order valence-electron chi connectivity index (χ1n) is 21.8. The van der Waals surface area contributed by atoms with Crippen molar-refractivity contribution < 1.29 is 109 Å². The fraction of sp³-hybridized carbons (Fsp3) is 0.458. The lowest BCUT2D eigenvalue weighted by Gasteiger charge is -2.42. The molecule has 0 amide bonds. The molecule has 0 aromatic heterocycles. The summed E-state index contributed by atoms with van der Waals surface area (Å²) in [5.41, 5.74) is -0.576. The molecule has 1 aromatic rings. The van der Waals surface area contributed by atoms with Gasteiger partial charge in [-0.1, -0.05) is 78.0 Å². The molecule has 2 heterocycles. The Kier molecular flexibility index (Phi) is 20.9. The molecule has 4 rings (SSSR count). The number of phenols is 2. The minimum absolute atomic E-state index is 0.0538. The van der Waals surface area contributed by atoms with Gasteiger partial charge >= 0.3 is 23.9 Å². The van der Waals surface area contributed by atoms with Crippen LogP contribution < -0.4 is 0 Å². The number of phenolic OH excluding ortho intramolecular Hbond substituents is 2. The zero-order valence-corrected chi connectivity index (χ0v) is 38.4. The Morgan fingerprint density at radius 3 is 1.69 bits per heavy atom. The maximum absolute atomic E-state index is 13.0. The quantitative estimate of drug-likeness (QED) is 0.0291. The zero-order chi connectivity index (χ0) is 52.0. The molecule has 2 aliphatic heterocycles. The van der Waals surface area contributed by atoms with Gasteiger partial charge in [-0.25, -0.2) is 19.2 Å². The number of aliphatic carboxylic acids is 1. The van der Waals surface area contributed by atoms with Gasteiger partial charge < -0.3 is 89.7 Å². The van der Waals surface area contributed by atoms with E-state index >= 15 is 0 Å². The molecule has 3 aliphatic rings. The van der Waals surface area contributed by atoms with Crippen molar-refractivity contribution in [2.24, 2.45) is 0 Å². The largest absolute Gasteiger partial charge is 0.504 e. The third-order valence-electron chi connectivity index (χ3n) is 11.2. The summed E-state index contributed by atoms with van der Waals surface area (Å²) in [6.45, 7) is 5.07. The van der Waals surface area contributed by atoms with Crippen LogP contribution in [0.5, 0.6) is 11.5 Å². The van der Waals surface area contributed by atoms with Gasteiger partial charge in [-0.3, -0.25) is 0 Å². The summed E-state index contributed by atoms with van der Waals surface area (Å²) >= 11 is 0. The van der Waals surface area contributed by atoms with Crippen molar-refractivity contribution in [3.8, 4) is 11.5 Å². The third kappa shape index (κ3) is 15.6. The number of aliphatic hydroxyl groups excluding tert-OH is 8. The van der Waals surface area contributed by atoms with Crippen LogP contribution in [-0.4, -0.2) is 184 Å². The van der Waals surface area contributed by atoms with E-state index in [4.69, 9.17) is 28.4 Å². The van der Waals surface area contributed by atoms with Crippen molar-refractivity contribution in [1.29, 1.82) is 0 Å². The molecule has 22 heteroatoms. The number of benzene rings is 1. The van der Waals surface area contributed by atoms with Gasteiger partial charge in [0.1, 0.15) is 67.1 Å². The molecule has 384 valence electrons. The van der Waals surface area contributed by atoms with E-state index in [0.717, 1.165) is 23.3 Å². The average Bonchev–Trinajstić information content (AvgIpc) is 3.31. The third-order valence-corrected chi connectivity index (χ3v) is 11.2. The van der Waals surface area contributed by atoms with Gasteiger partial charge in [0.2, 0.25) is 6.29 Å². The molecule has 0 radical (unpaired) electrons. The number of ether oxygens (including phenoxy) is 6. The van der Waals surface area contributed by atoms with E-state index in [-0.39, 0.29) is 16.9 Å². The molecule has 3 fully saturated rings. The van der Waals surface area contributed by atoms with Crippen LogP contribution in [0.2, 0.25) is 0 Å². The number of rotatable bonds is 18. The topological polar surface area (TPSA) is 366 Å².